The lowest BCUT2D eigenvalue weighted by Crippen LogP contribution is -2.28. The first-order valence-corrected chi connectivity index (χ1v) is 7.46. The molecule has 114 valence electrons. The van der Waals surface area contributed by atoms with E-state index in [1.807, 2.05) is 43.5 Å². The first-order chi connectivity index (χ1) is 10.6. The quantitative estimate of drug-likeness (QED) is 0.907. The van der Waals surface area contributed by atoms with Crippen molar-refractivity contribution in [3.63, 3.8) is 0 Å². The average molecular weight is 296 g/mol. The lowest BCUT2D eigenvalue weighted by atomic mass is 10.1. The molecule has 2 aromatic rings. The smallest absolute Gasteiger partial charge is 0.250 e. The standard InChI is InChI=1S/C17H20N4O/c1-12-10-13(6-8-19-12)20-14-7-9-21(11-14)16-5-3-2-4-15(16)17(18)22/h2-6,8,10,14H,7,9,11H2,1H3,(H2,18,22)(H,19,20). The highest BCUT2D eigenvalue weighted by Crippen LogP contribution is 2.25. The third-order valence-corrected chi connectivity index (χ3v) is 3.97. The van der Waals surface area contributed by atoms with Gasteiger partial charge in [-0.3, -0.25) is 9.78 Å². The number of aromatic nitrogens is 1. The van der Waals surface area contributed by atoms with Crippen molar-refractivity contribution in [2.75, 3.05) is 23.3 Å². The molecule has 0 radical (unpaired) electrons. The van der Waals surface area contributed by atoms with Crippen LogP contribution < -0.4 is 16.0 Å². The number of para-hydroxylation sites is 1. The van der Waals surface area contributed by atoms with E-state index >= 15 is 0 Å². The molecule has 0 aliphatic carbocycles. The van der Waals surface area contributed by atoms with Crippen LogP contribution in [0.25, 0.3) is 0 Å². The van der Waals surface area contributed by atoms with Crippen LogP contribution in [0.3, 0.4) is 0 Å². The first kappa shape index (κ1) is 14.4. The number of nitrogens with zero attached hydrogens (tertiary/aromatic N) is 2. The molecular formula is C17H20N4O. The average Bonchev–Trinajstić information content (AvgIpc) is 2.95. The summed E-state index contributed by atoms with van der Waals surface area (Å²) < 4.78 is 0. The van der Waals surface area contributed by atoms with Gasteiger partial charge in [0.1, 0.15) is 0 Å². The van der Waals surface area contributed by atoms with E-state index in [1.165, 1.54) is 0 Å². The summed E-state index contributed by atoms with van der Waals surface area (Å²) in [5.41, 5.74) is 9.06. The van der Waals surface area contributed by atoms with Gasteiger partial charge >= 0.3 is 0 Å². The number of pyridine rings is 1. The van der Waals surface area contributed by atoms with E-state index in [1.54, 1.807) is 6.07 Å². The van der Waals surface area contributed by atoms with Gasteiger partial charge in [0, 0.05) is 42.4 Å². The molecule has 1 fully saturated rings. The maximum atomic E-state index is 11.6. The van der Waals surface area contributed by atoms with Crippen LogP contribution in [0.1, 0.15) is 22.5 Å². The minimum atomic E-state index is -0.378. The number of anilines is 2. The molecule has 1 atom stereocenters. The maximum Gasteiger partial charge on any atom is 0.250 e. The summed E-state index contributed by atoms with van der Waals surface area (Å²) in [5, 5.41) is 3.53. The number of carbonyl (C=O) groups is 1. The predicted octanol–water partition coefficient (Wildman–Crippen LogP) is 2.18. The van der Waals surface area contributed by atoms with Gasteiger partial charge in [0.05, 0.1) is 5.56 Å². The van der Waals surface area contributed by atoms with Crippen molar-refractivity contribution in [3.8, 4) is 0 Å². The fourth-order valence-corrected chi connectivity index (χ4v) is 2.93. The summed E-state index contributed by atoms with van der Waals surface area (Å²) in [6, 6.07) is 11.9. The van der Waals surface area contributed by atoms with Gasteiger partial charge in [0.15, 0.2) is 0 Å². The van der Waals surface area contributed by atoms with Crippen molar-refractivity contribution in [1.82, 2.24) is 4.98 Å². The van der Waals surface area contributed by atoms with Crippen LogP contribution in [0.15, 0.2) is 42.6 Å². The number of rotatable bonds is 4. The van der Waals surface area contributed by atoms with E-state index in [0.29, 0.717) is 11.6 Å². The zero-order chi connectivity index (χ0) is 15.5. The van der Waals surface area contributed by atoms with Crippen molar-refractivity contribution in [2.45, 2.75) is 19.4 Å². The third kappa shape index (κ3) is 3.03. The zero-order valence-electron chi connectivity index (χ0n) is 12.6. The zero-order valence-corrected chi connectivity index (χ0v) is 12.6. The molecule has 0 bridgehead atoms. The van der Waals surface area contributed by atoms with Gasteiger partial charge in [-0.15, -0.1) is 0 Å². The van der Waals surface area contributed by atoms with E-state index in [-0.39, 0.29) is 5.91 Å². The number of benzene rings is 1. The fraction of sp³-hybridized carbons (Fsp3) is 0.294. The highest BCUT2D eigenvalue weighted by atomic mass is 16.1. The van der Waals surface area contributed by atoms with Gasteiger partial charge in [-0.05, 0) is 37.6 Å². The first-order valence-electron chi connectivity index (χ1n) is 7.46. The molecule has 3 rings (SSSR count). The normalized spacial score (nSPS) is 17.5. The molecule has 1 unspecified atom stereocenters. The Kier molecular flexibility index (Phi) is 3.96. The Balaban J connectivity index is 1.71. The Bertz CT molecular complexity index is 686. The van der Waals surface area contributed by atoms with E-state index < -0.39 is 0 Å². The van der Waals surface area contributed by atoms with Gasteiger partial charge in [-0.1, -0.05) is 12.1 Å². The van der Waals surface area contributed by atoms with Gasteiger partial charge in [-0.2, -0.15) is 0 Å². The molecule has 1 aromatic heterocycles. The van der Waals surface area contributed by atoms with Crippen molar-refractivity contribution in [1.29, 1.82) is 0 Å². The number of hydrogen-bond acceptors (Lipinski definition) is 4. The minimum absolute atomic E-state index is 0.350. The Morgan fingerprint density at radius 2 is 2.18 bits per heavy atom. The number of aryl methyl sites for hydroxylation is 1. The van der Waals surface area contributed by atoms with Gasteiger partial charge in [-0.25, -0.2) is 0 Å². The molecule has 1 aromatic carbocycles. The summed E-state index contributed by atoms with van der Waals surface area (Å²) in [6.45, 7) is 3.74. The number of amides is 1. The second-order valence-corrected chi connectivity index (χ2v) is 5.64. The van der Waals surface area contributed by atoms with Gasteiger partial charge in [0.25, 0.3) is 5.91 Å². The number of hydrogen-bond donors (Lipinski definition) is 2. The number of primary amides is 1. The molecule has 1 aliphatic heterocycles. The molecule has 1 amide bonds. The van der Waals surface area contributed by atoms with Crippen LogP contribution in [0.4, 0.5) is 11.4 Å². The van der Waals surface area contributed by atoms with Crippen molar-refractivity contribution in [2.24, 2.45) is 5.73 Å². The lowest BCUT2D eigenvalue weighted by molar-refractivity contribution is 0.100. The SMILES string of the molecule is Cc1cc(NC2CCN(c3ccccc3C(N)=O)C2)ccn1. The van der Waals surface area contributed by atoms with Crippen LogP contribution in [-0.4, -0.2) is 30.0 Å². The molecule has 0 spiro atoms. The molecule has 3 N–H and O–H groups in total. The van der Waals surface area contributed by atoms with E-state index in [9.17, 15) is 4.79 Å². The van der Waals surface area contributed by atoms with E-state index in [4.69, 9.17) is 5.73 Å². The molecule has 5 heteroatoms. The molecule has 1 aliphatic rings. The highest BCUT2D eigenvalue weighted by Gasteiger charge is 2.25. The summed E-state index contributed by atoms with van der Waals surface area (Å²) in [4.78, 5) is 18.0. The Labute approximate surface area is 130 Å². The van der Waals surface area contributed by atoms with Crippen LogP contribution >= 0.6 is 0 Å². The van der Waals surface area contributed by atoms with Gasteiger partial charge < -0.3 is 16.0 Å². The largest absolute Gasteiger partial charge is 0.380 e. The maximum absolute atomic E-state index is 11.6. The number of nitrogens with two attached hydrogens (primary N) is 1. The van der Waals surface area contributed by atoms with Gasteiger partial charge in [0.2, 0.25) is 0 Å². The van der Waals surface area contributed by atoms with E-state index in [2.05, 4.69) is 15.2 Å². The second kappa shape index (κ2) is 6.05. The van der Waals surface area contributed by atoms with Crippen LogP contribution in [0.5, 0.6) is 0 Å². The summed E-state index contributed by atoms with van der Waals surface area (Å²) >= 11 is 0. The summed E-state index contributed by atoms with van der Waals surface area (Å²) in [7, 11) is 0. The Morgan fingerprint density at radius 1 is 1.36 bits per heavy atom. The lowest BCUT2D eigenvalue weighted by Gasteiger charge is -2.21. The number of carbonyl (C=O) groups excluding carboxylic acids is 1. The molecule has 0 saturated carbocycles. The summed E-state index contributed by atoms with van der Waals surface area (Å²) in [6.07, 6.45) is 2.83. The molecule has 1 saturated heterocycles. The molecule has 22 heavy (non-hydrogen) atoms. The van der Waals surface area contributed by atoms with Crippen molar-refractivity contribution < 1.29 is 4.79 Å². The fourth-order valence-electron chi connectivity index (χ4n) is 2.93. The third-order valence-electron chi connectivity index (χ3n) is 3.97. The number of nitrogens with one attached hydrogen (secondary N) is 1. The second-order valence-electron chi connectivity index (χ2n) is 5.64. The summed E-state index contributed by atoms with van der Waals surface area (Å²) in [5.74, 6) is -0.378. The topological polar surface area (TPSA) is 71.2 Å². The highest BCUT2D eigenvalue weighted by molar-refractivity contribution is 5.98. The van der Waals surface area contributed by atoms with E-state index in [0.717, 1.165) is 36.6 Å². The van der Waals surface area contributed by atoms with Crippen LogP contribution in [0.2, 0.25) is 0 Å². The van der Waals surface area contributed by atoms with Crippen LogP contribution in [0, 0.1) is 6.92 Å². The van der Waals surface area contributed by atoms with Crippen molar-refractivity contribution >= 4 is 17.3 Å². The predicted molar refractivity (Wildman–Crippen MR) is 88.2 cm³/mol. The Morgan fingerprint density at radius 3 is 2.95 bits per heavy atom. The molecular weight excluding hydrogens is 276 g/mol. The monoisotopic (exact) mass is 296 g/mol. The molecule has 2 heterocycles. The van der Waals surface area contributed by atoms with Crippen LogP contribution in [-0.2, 0) is 0 Å². The Hall–Kier alpha value is -2.56. The molecule has 5 nitrogen and oxygen atoms in total. The van der Waals surface area contributed by atoms with Crippen molar-refractivity contribution in [3.05, 3.63) is 53.9 Å². The minimum Gasteiger partial charge on any atom is -0.380 e.